The molecule has 0 aliphatic heterocycles. The van der Waals surface area contributed by atoms with E-state index in [9.17, 15) is 0 Å². The molecule has 100 valence electrons. The summed E-state index contributed by atoms with van der Waals surface area (Å²) < 4.78 is 0. The molecule has 0 aliphatic rings. The highest BCUT2D eigenvalue weighted by atomic mass is 14.7. The Balaban J connectivity index is 2.41. The molecule has 2 N–H and O–H groups in total. The van der Waals surface area contributed by atoms with Crippen LogP contribution < -0.4 is 5.73 Å². The fraction of sp³-hybridized carbons (Fsp3) is 0.167. The summed E-state index contributed by atoms with van der Waals surface area (Å²) in [5.41, 5.74) is 12.7. The van der Waals surface area contributed by atoms with E-state index in [-0.39, 0.29) is 0 Å². The van der Waals surface area contributed by atoms with Crippen LogP contribution in [0.5, 0.6) is 0 Å². The highest BCUT2D eigenvalue weighted by Crippen LogP contribution is 2.35. The summed E-state index contributed by atoms with van der Waals surface area (Å²) in [6, 6.07) is 16.3. The third-order valence-corrected chi connectivity index (χ3v) is 3.76. The van der Waals surface area contributed by atoms with E-state index < -0.39 is 0 Å². The van der Waals surface area contributed by atoms with Crippen LogP contribution in [-0.2, 0) is 6.42 Å². The number of benzene rings is 2. The van der Waals surface area contributed by atoms with Crippen molar-refractivity contribution < 1.29 is 0 Å². The average molecular weight is 262 g/mol. The van der Waals surface area contributed by atoms with Crippen molar-refractivity contribution in [3.8, 4) is 11.1 Å². The lowest BCUT2D eigenvalue weighted by Crippen LogP contribution is -1.99. The topological polar surface area (TPSA) is 38.9 Å². The standard InChI is InChI=1S/C18H18N2/c1-3-13-14-8-5-7-11-17(14)20-12(2)18(13)15-9-4-6-10-16(15)19/h4-11H,3,19H2,1-2H3. The van der Waals surface area contributed by atoms with Gasteiger partial charge in [-0.2, -0.15) is 0 Å². The third kappa shape index (κ3) is 1.94. The summed E-state index contributed by atoms with van der Waals surface area (Å²) in [6.45, 7) is 4.25. The zero-order chi connectivity index (χ0) is 14.1. The van der Waals surface area contributed by atoms with Gasteiger partial charge >= 0.3 is 0 Å². The lowest BCUT2D eigenvalue weighted by molar-refractivity contribution is 1.13. The van der Waals surface area contributed by atoms with Crippen molar-refractivity contribution in [1.82, 2.24) is 4.98 Å². The van der Waals surface area contributed by atoms with E-state index in [1.807, 2.05) is 24.3 Å². The molecule has 0 aliphatic carbocycles. The number of anilines is 1. The van der Waals surface area contributed by atoms with E-state index in [0.29, 0.717) is 0 Å². The number of hydrogen-bond donors (Lipinski definition) is 1. The molecule has 1 aromatic heterocycles. The molecule has 0 fully saturated rings. The van der Waals surface area contributed by atoms with E-state index in [4.69, 9.17) is 10.7 Å². The first-order valence-electron chi connectivity index (χ1n) is 6.95. The van der Waals surface area contributed by atoms with Crippen LogP contribution in [0.3, 0.4) is 0 Å². The van der Waals surface area contributed by atoms with Gasteiger partial charge in [-0.1, -0.05) is 43.3 Å². The maximum atomic E-state index is 6.16. The van der Waals surface area contributed by atoms with Crippen LogP contribution in [0, 0.1) is 6.92 Å². The zero-order valence-corrected chi connectivity index (χ0v) is 11.9. The quantitative estimate of drug-likeness (QED) is 0.697. The highest BCUT2D eigenvalue weighted by Gasteiger charge is 2.14. The highest BCUT2D eigenvalue weighted by molar-refractivity contribution is 5.92. The second-order valence-corrected chi connectivity index (χ2v) is 5.01. The van der Waals surface area contributed by atoms with Gasteiger partial charge in [0.1, 0.15) is 0 Å². The summed E-state index contributed by atoms with van der Waals surface area (Å²) in [5, 5.41) is 1.22. The number of nitrogens with zero attached hydrogens (tertiary/aromatic N) is 1. The Kier molecular flexibility index (Phi) is 3.15. The van der Waals surface area contributed by atoms with Crippen LogP contribution >= 0.6 is 0 Å². The molecule has 0 bridgehead atoms. The average Bonchev–Trinajstić information content (AvgIpc) is 2.47. The molecule has 0 saturated carbocycles. The van der Waals surface area contributed by atoms with E-state index in [1.54, 1.807) is 0 Å². The number of nitrogens with two attached hydrogens (primary N) is 1. The normalized spacial score (nSPS) is 10.9. The predicted molar refractivity (Wildman–Crippen MR) is 85.7 cm³/mol. The van der Waals surface area contributed by atoms with Crippen molar-refractivity contribution in [3.63, 3.8) is 0 Å². The van der Waals surface area contributed by atoms with Gasteiger partial charge in [-0.3, -0.25) is 4.98 Å². The molecule has 3 rings (SSSR count). The second kappa shape index (κ2) is 4.97. The fourth-order valence-corrected chi connectivity index (χ4v) is 2.87. The van der Waals surface area contributed by atoms with Crippen LogP contribution in [0.15, 0.2) is 48.5 Å². The smallest absolute Gasteiger partial charge is 0.0708 e. The molecule has 2 heteroatoms. The first kappa shape index (κ1) is 12.7. The number of fused-ring (bicyclic) bond motifs is 1. The van der Waals surface area contributed by atoms with Gasteiger partial charge in [-0.05, 0) is 31.0 Å². The van der Waals surface area contributed by atoms with Crippen LogP contribution in [0.2, 0.25) is 0 Å². The van der Waals surface area contributed by atoms with Gasteiger partial charge in [-0.25, -0.2) is 0 Å². The van der Waals surface area contributed by atoms with Crippen LogP contribution in [-0.4, -0.2) is 4.98 Å². The summed E-state index contributed by atoms with van der Waals surface area (Å²) in [4.78, 5) is 4.75. The molecule has 0 atom stereocenters. The maximum absolute atomic E-state index is 6.16. The van der Waals surface area contributed by atoms with Gasteiger partial charge in [0.25, 0.3) is 0 Å². The molecule has 2 aromatic carbocycles. The number of aryl methyl sites for hydroxylation is 2. The molecular weight excluding hydrogens is 244 g/mol. The Labute approximate surface area is 119 Å². The minimum atomic E-state index is 0.808. The Morgan fingerprint density at radius 3 is 2.45 bits per heavy atom. The Bertz CT molecular complexity index is 775. The minimum Gasteiger partial charge on any atom is -0.398 e. The molecule has 0 spiro atoms. The molecule has 0 amide bonds. The molecule has 2 nitrogen and oxygen atoms in total. The largest absolute Gasteiger partial charge is 0.398 e. The van der Waals surface area contributed by atoms with Gasteiger partial charge < -0.3 is 5.73 Å². The van der Waals surface area contributed by atoms with Crippen molar-refractivity contribution in [2.75, 3.05) is 5.73 Å². The van der Waals surface area contributed by atoms with Gasteiger partial charge in [0.05, 0.1) is 5.52 Å². The Morgan fingerprint density at radius 2 is 1.70 bits per heavy atom. The van der Waals surface area contributed by atoms with Crippen molar-refractivity contribution in [1.29, 1.82) is 0 Å². The summed E-state index contributed by atoms with van der Waals surface area (Å²) >= 11 is 0. The van der Waals surface area contributed by atoms with Crippen molar-refractivity contribution in [2.24, 2.45) is 0 Å². The number of para-hydroxylation sites is 2. The molecular formula is C18H18N2. The predicted octanol–water partition coefficient (Wildman–Crippen LogP) is 4.35. The molecule has 0 saturated heterocycles. The van der Waals surface area contributed by atoms with Crippen LogP contribution in [0.1, 0.15) is 18.2 Å². The summed E-state index contributed by atoms with van der Waals surface area (Å²) in [5.74, 6) is 0. The zero-order valence-electron chi connectivity index (χ0n) is 11.9. The van der Waals surface area contributed by atoms with E-state index in [0.717, 1.165) is 28.9 Å². The fourth-order valence-electron chi connectivity index (χ4n) is 2.87. The molecule has 0 radical (unpaired) electrons. The van der Waals surface area contributed by atoms with E-state index in [1.165, 1.54) is 16.5 Å². The first-order valence-corrected chi connectivity index (χ1v) is 6.95. The Morgan fingerprint density at radius 1 is 1.00 bits per heavy atom. The lowest BCUT2D eigenvalue weighted by atomic mass is 9.92. The van der Waals surface area contributed by atoms with E-state index in [2.05, 4.69) is 38.1 Å². The minimum absolute atomic E-state index is 0.808. The third-order valence-electron chi connectivity index (χ3n) is 3.76. The van der Waals surface area contributed by atoms with E-state index >= 15 is 0 Å². The number of pyridine rings is 1. The summed E-state index contributed by atoms with van der Waals surface area (Å²) in [6.07, 6.45) is 0.966. The summed E-state index contributed by atoms with van der Waals surface area (Å²) in [7, 11) is 0. The molecule has 1 heterocycles. The maximum Gasteiger partial charge on any atom is 0.0708 e. The lowest BCUT2D eigenvalue weighted by Gasteiger charge is -2.16. The van der Waals surface area contributed by atoms with Crippen LogP contribution in [0.25, 0.3) is 22.0 Å². The van der Waals surface area contributed by atoms with Crippen molar-refractivity contribution in [3.05, 3.63) is 59.8 Å². The second-order valence-electron chi connectivity index (χ2n) is 5.01. The Hall–Kier alpha value is -2.35. The number of nitrogen functional groups attached to an aromatic ring is 1. The molecule has 3 aromatic rings. The van der Waals surface area contributed by atoms with Crippen molar-refractivity contribution in [2.45, 2.75) is 20.3 Å². The van der Waals surface area contributed by atoms with Gasteiger partial charge in [0.2, 0.25) is 0 Å². The number of rotatable bonds is 2. The first-order chi connectivity index (χ1) is 9.72. The molecule has 0 unspecified atom stereocenters. The van der Waals surface area contributed by atoms with Crippen molar-refractivity contribution >= 4 is 16.6 Å². The van der Waals surface area contributed by atoms with Gasteiger partial charge in [0.15, 0.2) is 0 Å². The van der Waals surface area contributed by atoms with Gasteiger partial charge in [-0.15, -0.1) is 0 Å². The monoisotopic (exact) mass is 262 g/mol. The number of aromatic nitrogens is 1. The van der Waals surface area contributed by atoms with Gasteiger partial charge in [0, 0.05) is 27.9 Å². The SMILES string of the molecule is CCc1c(-c2ccccc2N)c(C)nc2ccccc12. The molecule has 20 heavy (non-hydrogen) atoms. The number of hydrogen-bond acceptors (Lipinski definition) is 2. The van der Waals surface area contributed by atoms with Crippen LogP contribution in [0.4, 0.5) is 5.69 Å².